The maximum atomic E-state index is 13.3. The number of para-hydroxylation sites is 1. The van der Waals surface area contributed by atoms with Crippen molar-refractivity contribution in [2.45, 2.75) is 13.8 Å². The number of nitrogens with zero attached hydrogens (tertiary/aromatic N) is 1. The number of hydrogen-bond acceptors (Lipinski definition) is 3. The topological polar surface area (TPSA) is 66.8 Å². The molecule has 1 rings (SSSR count). The van der Waals surface area contributed by atoms with Gasteiger partial charge in [-0.25, -0.2) is 4.39 Å². The summed E-state index contributed by atoms with van der Waals surface area (Å²) in [5.41, 5.74) is 0. The standard InChI is InChI=1S/C15H20FNO4/c1-10(11(2)15(19)20)14(18)17(3)8-9-21-13-7-5-4-6-12(13)16/h4-7,10-11H,8-9H2,1-3H3,(H,19,20). The molecule has 0 spiro atoms. The van der Waals surface area contributed by atoms with Crippen molar-refractivity contribution in [2.75, 3.05) is 20.2 Å². The molecule has 1 aromatic rings. The van der Waals surface area contributed by atoms with Crippen LogP contribution in [-0.4, -0.2) is 42.1 Å². The highest BCUT2D eigenvalue weighted by atomic mass is 19.1. The average Bonchev–Trinajstić information content (AvgIpc) is 2.46. The number of carbonyl (C=O) groups excluding carboxylic acids is 1. The summed E-state index contributed by atoms with van der Waals surface area (Å²) in [4.78, 5) is 24.3. The van der Waals surface area contributed by atoms with E-state index in [1.807, 2.05) is 0 Å². The van der Waals surface area contributed by atoms with Crippen LogP contribution in [0.1, 0.15) is 13.8 Å². The molecule has 0 aliphatic heterocycles. The maximum Gasteiger partial charge on any atom is 0.307 e. The predicted molar refractivity (Wildman–Crippen MR) is 75.5 cm³/mol. The van der Waals surface area contributed by atoms with Crippen molar-refractivity contribution >= 4 is 11.9 Å². The average molecular weight is 297 g/mol. The van der Waals surface area contributed by atoms with E-state index < -0.39 is 23.6 Å². The molecule has 1 aromatic carbocycles. The maximum absolute atomic E-state index is 13.3. The molecule has 0 bridgehead atoms. The zero-order valence-electron chi connectivity index (χ0n) is 12.4. The Morgan fingerprint density at radius 1 is 1.29 bits per heavy atom. The lowest BCUT2D eigenvalue weighted by Gasteiger charge is -2.23. The minimum absolute atomic E-state index is 0.130. The summed E-state index contributed by atoms with van der Waals surface area (Å²) >= 11 is 0. The molecule has 0 aliphatic carbocycles. The van der Waals surface area contributed by atoms with E-state index in [4.69, 9.17) is 9.84 Å². The highest BCUT2D eigenvalue weighted by Crippen LogP contribution is 2.16. The summed E-state index contributed by atoms with van der Waals surface area (Å²) in [5, 5.41) is 8.90. The summed E-state index contributed by atoms with van der Waals surface area (Å²) in [6, 6.07) is 6.02. The van der Waals surface area contributed by atoms with Crippen molar-refractivity contribution in [1.82, 2.24) is 4.90 Å². The molecular weight excluding hydrogens is 277 g/mol. The number of ether oxygens (including phenoxy) is 1. The Labute approximate surface area is 123 Å². The first-order valence-corrected chi connectivity index (χ1v) is 6.69. The molecule has 0 saturated heterocycles. The van der Waals surface area contributed by atoms with Gasteiger partial charge in [-0.05, 0) is 12.1 Å². The quantitative estimate of drug-likeness (QED) is 0.836. The Hall–Kier alpha value is -2.11. The van der Waals surface area contributed by atoms with Gasteiger partial charge in [0.25, 0.3) is 0 Å². The molecule has 21 heavy (non-hydrogen) atoms. The fourth-order valence-corrected chi connectivity index (χ4v) is 1.74. The van der Waals surface area contributed by atoms with Gasteiger partial charge in [-0.1, -0.05) is 26.0 Å². The molecule has 0 radical (unpaired) electrons. The molecule has 116 valence electrons. The lowest BCUT2D eigenvalue weighted by Crippen LogP contribution is -2.38. The van der Waals surface area contributed by atoms with Gasteiger partial charge < -0.3 is 14.7 Å². The summed E-state index contributed by atoms with van der Waals surface area (Å²) in [7, 11) is 1.57. The van der Waals surface area contributed by atoms with Crippen molar-refractivity contribution in [3.63, 3.8) is 0 Å². The first-order chi connectivity index (χ1) is 9.84. The Morgan fingerprint density at radius 2 is 1.90 bits per heavy atom. The van der Waals surface area contributed by atoms with Crippen LogP contribution in [-0.2, 0) is 9.59 Å². The van der Waals surface area contributed by atoms with E-state index in [-0.39, 0.29) is 24.8 Å². The third kappa shape index (κ3) is 4.73. The Balaban J connectivity index is 2.46. The smallest absolute Gasteiger partial charge is 0.307 e. The highest BCUT2D eigenvalue weighted by molar-refractivity contribution is 5.84. The van der Waals surface area contributed by atoms with Gasteiger partial charge in [0.2, 0.25) is 5.91 Å². The van der Waals surface area contributed by atoms with Crippen LogP contribution in [0, 0.1) is 17.7 Å². The molecule has 0 saturated carbocycles. The van der Waals surface area contributed by atoms with Crippen LogP contribution in [0.15, 0.2) is 24.3 Å². The number of likely N-dealkylation sites (N-methyl/N-ethyl adjacent to an activating group) is 1. The second-order valence-corrected chi connectivity index (χ2v) is 4.95. The van der Waals surface area contributed by atoms with Gasteiger partial charge in [0.15, 0.2) is 11.6 Å². The van der Waals surface area contributed by atoms with Crippen LogP contribution >= 0.6 is 0 Å². The Kier molecular flexibility index (Phi) is 6.14. The normalized spacial score (nSPS) is 13.3. The molecule has 5 nitrogen and oxygen atoms in total. The fourth-order valence-electron chi connectivity index (χ4n) is 1.74. The number of halogens is 1. The van der Waals surface area contributed by atoms with E-state index in [0.29, 0.717) is 0 Å². The van der Waals surface area contributed by atoms with E-state index in [0.717, 1.165) is 0 Å². The lowest BCUT2D eigenvalue weighted by molar-refractivity contribution is -0.148. The minimum Gasteiger partial charge on any atom is -0.489 e. The molecule has 0 aliphatic rings. The van der Waals surface area contributed by atoms with Crippen LogP contribution in [0.2, 0.25) is 0 Å². The van der Waals surface area contributed by atoms with Crippen LogP contribution < -0.4 is 4.74 Å². The van der Waals surface area contributed by atoms with Gasteiger partial charge in [0.05, 0.1) is 12.5 Å². The first-order valence-electron chi connectivity index (χ1n) is 6.69. The van der Waals surface area contributed by atoms with Gasteiger partial charge >= 0.3 is 5.97 Å². The minimum atomic E-state index is -1.01. The van der Waals surface area contributed by atoms with E-state index in [1.165, 1.54) is 24.0 Å². The van der Waals surface area contributed by atoms with E-state index >= 15 is 0 Å². The summed E-state index contributed by atoms with van der Waals surface area (Å²) in [5.74, 6) is -2.99. The fraction of sp³-hybridized carbons (Fsp3) is 0.467. The van der Waals surface area contributed by atoms with Crippen molar-refractivity contribution in [3.8, 4) is 5.75 Å². The molecular formula is C15H20FNO4. The van der Waals surface area contributed by atoms with Gasteiger partial charge in [-0.15, -0.1) is 0 Å². The van der Waals surface area contributed by atoms with Gasteiger partial charge in [-0.3, -0.25) is 9.59 Å². The van der Waals surface area contributed by atoms with Gasteiger partial charge in [0, 0.05) is 13.0 Å². The van der Waals surface area contributed by atoms with Crippen molar-refractivity contribution in [2.24, 2.45) is 11.8 Å². The number of rotatable bonds is 7. The Morgan fingerprint density at radius 3 is 2.48 bits per heavy atom. The number of amides is 1. The van der Waals surface area contributed by atoms with Crippen LogP contribution in [0.25, 0.3) is 0 Å². The van der Waals surface area contributed by atoms with E-state index in [9.17, 15) is 14.0 Å². The van der Waals surface area contributed by atoms with Crippen molar-refractivity contribution < 1.29 is 23.8 Å². The first kappa shape index (κ1) is 16.9. The van der Waals surface area contributed by atoms with Crippen LogP contribution in [0.3, 0.4) is 0 Å². The molecule has 1 amide bonds. The third-order valence-corrected chi connectivity index (χ3v) is 3.43. The van der Waals surface area contributed by atoms with Gasteiger partial charge in [0.1, 0.15) is 6.61 Å². The van der Waals surface area contributed by atoms with Crippen molar-refractivity contribution in [3.05, 3.63) is 30.1 Å². The number of carbonyl (C=O) groups is 2. The number of benzene rings is 1. The molecule has 2 atom stereocenters. The Bertz CT molecular complexity index is 506. The van der Waals surface area contributed by atoms with Crippen LogP contribution in [0.5, 0.6) is 5.75 Å². The summed E-state index contributed by atoms with van der Waals surface area (Å²) in [6.45, 7) is 3.46. The molecule has 0 fully saturated rings. The summed E-state index contributed by atoms with van der Waals surface area (Å²) in [6.07, 6.45) is 0. The SMILES string of the molecule is CC(C(=O)O)C(C)C(=O)N(C)CCOc1ccccc1F. The molecule has 6 heteroatoms. The second-order valence-electron chi connectivity index (χ2n) is 4.95. The molecule has 2 unspecified atom stereocenters. The number of carboxylic acid groups (broad SMARTS) is 1. The number of carboxylic acids is 1. The second kappa shape index (κ2) is 7.61. The molecule has 0 heterocycles. The number of aliphatic carboxylic acids is 1. The van der Waals surface area contributed by atoms with Crippen molar-refractivity contribution in [1.29, 1.82) is 0 Å². The van der Waals surface area contributed by atoms with E-state index in [2.05, 4.69) is 0 Å². The third-order valence-electron chi connectivity index (χ3n) is 3.43. The molecule has 1 N–H and O–H groups in total. The monoisotopic (exact) mass is 297 g/mol. The predicted octanol–water partition coefficient (Wildman–Crippen LogP) is 2.02. The summed E-state index contributed by atoms with van der Waals surface area (Å²) < 4.78 is 18.6. The van der Waals surface area contributed by atoms with Crippen LogP contribution in [0.4, 0.5) is 4.39 Å². The zero-order chi connectivity index (χ0) is 16.0. The largest absolute Gasteiger partial charge is 0.489 e. The number of hydrogen-bond donors (Lipinski definition) is 1. The zero-order valence-corrected chi connectivity index (χ0v) is 12.4. The van der Waals surface area contributed by atoms with Gasteiger partial charge in [-0.2, -0.15) is 0 Å². The lowest BCUT2D eigenvalue weighted by atomic mass is 9.95. The molecule has 0 aromatic heterocycles. The van der Waals surface area contributed by atoms with E-state index in [1.54, 1.807) is 26.1 Å². The highest BCUT2D eigenvalue weighted by Gasteiger charge is 2.27.